The minimum absolute atomic E-state index is 0.102. The number of hydrogen-bond acceptors (Lipinski definition) is 2. The predicted molar refractivity (Wildman–Crippen MR) is 75.3 cm³/mol. The maximum absolute atomic E-state index is 11.8. The van der Waals surface area contributed by atoms with Crippen LogP contribution < -0.4 is 11.1 Å². The monoisotopic (exact) mass is 314 g/mol. The molecule has 1 aromatic rings. The summed E-state index contributed by atoms with van der Waals surface area (Å²) in [5.74, 6) is 0. The standard InChI is InChI=1S/C13H19BrN2O2/c14-9-13(7-3-1-2-4-8-13)10-16-12(18)6-5-11(17)15-16/h5-6H,1-4,7-10H2,(H,15,17). The van der Waals surface area contributed by atoms with Gasteiger partial charge in [-0.1, -0.05) is 41.6 Å². The Balaban J connectivity index is 2.26. The first kappa shape index (κ1) is 13.6. The van der Waals surface area contributed by atoms with E-state index in [0.717, 1.165) is 18.2 Å². The number of H-pyrrole nitrogens is 1. The van der Waals surface area contributed by atoms with Gasteiger partial charge in [0.1, 0.15) is 0 Å². The number of halogens is 1. The van der Waals surface area contributed by atoms with Gasteiger partial charge >= 0.3 is 0 Å². The number of aromatic nitrogens is 2. The smallest absolute Gasteiger partial charge is 0.265 e. The predicted octanol–water partition coefficient (Wildman–Crippen LogP) is 2.27. The van der Waals surface area contributed by atoms with Crippen LogP contribution in [-0.2, 0) is 6.54 Å². The van der Waals surface area contributed by atoms with Gasteiger partial charge in [0, 0.05) is 24.0 Å². The molecular weight excluding hydrogens is 296 g/mol. The van der Waals surface area contributed by atoms with Crippen LogP contribution >= 0.6 is 15.9 Å². The van der Waals surface area contributed by atoms with E-state index >= 15 is 0 Å². The third kappa shape index (κ3) is 3.13. The third-order valence-corrected chi connectivity index (χ3v) is 5.02. The lowest BCUT2D eigenvalue weighted by molar-refractivity contribution is 0.226. The number of aromatic amines is 1. The molecule has 0 aromatic carbocycles. The fourth-order valence-electron chi connectivity index (χ4n) is 2.73. The Hall–Kier alpha value is -0.840. The van der Waals surface area contributed by atoms with Gasteiger partial charge in [-0.3, -0.25) is 14.7 Å². The van der Waals surface area contributed by atoms with Crippen molar-refractivity contribution in [2.24, 2.45) is 5.41 Å². The van der Waals surface area contributed by atoms with Gasteiger partial charge in [-0.25, -0.2) is 4.68 Å². The molecule has 0 amide bonds. The summed E-state index contributed by atoms with van der Waals surface area (Å²) in [7, 11) is 0. The molecule has 0 spiro atoms. The molecule has 0 saturated heterocycles. The highest BCUT2D eigenvalue weighted by atomic mass is 79.9. The van der Waals surface area contributed by atoms with Crippen LogP contribution in [0.4, 0.5) is 0 Å². The molecule has 0 unspecified atom stereocenters. The molecule has 1 N–H and O–H groups in total. The number of hydrogen-bond donors (Lipinski definition) is 1. The minimum atomic E-state index is -0.215. The summed E-state index contributed by atoms with van der Waals surface area (Å²) in [5, 5.41) is 3.51. The maximum Gasteiger partial charge on any atom is 0.265 e. The molecule has 1 aromatic heterocycles. The van der Waals surface area contributed by atoms with Gasteiger partial charge in [0.15, 0.2) is 0 Å². The highest BCUT2D eigenvalue weighted by Gasteiger charge is 2.30. The zero-order valence-electron chi connectivity index (χ0n) is 10.5. The van der Waals surface area contributed by atoms with Gasteiger partial charge < -0.3 is 0 Å². The van der Waals surface area contributed by atoms with Gasteiger partial charge in [0.05, 0.1) is 0 Å². The average Bonchev–Trinajstić information content (AvgIpc) is 2.60. The maximum atomic E-state index is 11.8. The lowest BCUT2D eigenvalue weighted by Crippen LogP contribution is -2.37. The van der Waals surface area contributed by atoms with Crippen molar-refractivity contribution in [3.63, 3.8) is 0 Å². The van der Waals surface area contributed by atoms with E-state index in [9.17, 15) is 9.59 Å². The van der Waals surface area contributed by atoms with E-state index in [1.54, 1.807) is 0 Å². The third-order valence-electron chi connectivity index (χ3n) is 3.83. The Kier molecular flexibility index (Phi) is 4.43. The topological polar surface area (TPSA) is 54.9 Å². The molecular formula is C13H19BrN2O2. The zero-order chi connectivity index (χ0) is 13.0. The molecule has 2 rings (SSSR count). The Bertz CT molecular complexity index is 498. The summed E-state index contributed by atoms with van der Waals surface area (Å²) in [5.41, 5.74) is -0.239. The second-order valence-electron chi connectivity index (χ2n) is 5.28. The van der Waals surface area contributed by atoms with E-state index in [2.05, 4.69) is 21.0 Å². The van der Waals surface area contributed by atoms with Crippen LogP contribution in [0.5, 0.6) is 0 Å². The number of nitrogens with one attached hydrogen (secondary N) is 1. The largest absolute Gasteiger partial charge is 0.268 e. The zero-order valence-corrected chi connectivity index (χ0v) is 12.0. The Morgan fingerprint density at radius 1 is 1.17 bits per heavy atom. The van der Waals surface area contributed by atoms with Crippen LogP contribution in [0, 0.1) is 5.41 Å². The van der Waals surface area contributed by atoms with Gasteiger partial charge in [-0.15, -0.1) is 0 Å². The Labute approximate surface area is 115 Å². The first-order valence-electron chi connectivity index (χ1n) is 6.51. The fourth-order valence-corrected chi connectivity index (χ4v) is 3.47. The van der Waals surface area contributed by atoms with Crippen LogP contribution in [0.25, 0.3) is 0 Å². The first-order valence-corrected chi connectivity index (χ1v) is 7.64. The molecule has 1 aliphatic rings. The van der Waals surface area contributed by atoms with E-state index in [4.69, 9.17) is 0 Å². The lowest BCUT2D eigenvalue weighted by Gasteiger charge is -2.31. The fraction of sp³-hybridized carbons (Fsp3) is 0.692. The van der Waals surface area contributed by atoms with E-state index in [1.807, 2.05) is 0 Å². The van der Waals surface area contributed by atoms with E-state index in [0.29, 0.717) is 6.54 Å². The molecule has 1 saturated carbocycles. The van der Waals surface area contributed by atoms with Crippen molar-refractivity contribution in [2.75, 3.05) is 5.33 Å². The molecule has 5 heteroatoms. The molecule has 0 atom stereocenters. The van der Waals surface area contributed by atoms with Gasteiger partial charge in [-0.05, 0) is 18.3 Å². The second-order valence-corrected chi connectivity index (χ2v) is 5.84. The SMILES string of the molecule is O=c1ccc(=O)n(CC2(CBr)CCCCCC2)[nH]1. The molecule has 1 fully saturated rings. The molecule has 1 aliphatic carbocycles. The van der Waals surface area contributed by atoms with Crippen LogP contribution in [-0.4, -0.2) is 15.1 Å². The molecule has 0 radical (unpaired) electrons. The number of nitrogens with zero attached hydrogens (tertiary/aromatic N) is 1. The van der Waals surface area contributed by atoms with Crippen LogP contribution in [0.2, 0.25) is 0 Å². The molecule has 1 heterocycles. The summed E-state index contributed by atoms with van der Waals surface area (Å²) in [4.78, 5) is 23.1. The van der Waals surface area contributed by atoms with Gasteiger partial charge in [0.2, 0.25) is 0 Å². The van der Waals surface area contributed by atoms with Crippen molar-refractivity contribution in [1.29, 1.82) is 0 Å². The number of rotatable bonds is 3. The molecule has 0 bridgehead atoms. The molecule has 4 nitrogen and oxygen atoms in total. The Morgan fingerprint density at radius 2 is 1.83 bits per heavy atom. The second kappa shape index (κ2) is 5.87. The first-order chi connectivity index (χ1) is 8.65. The highest BCUT2D eigenvalue weighted by molar-refractivity contribution is 9.09. The minimum Gasteiger partial charge on any atom is -0.268 e. The Morgan fingerprint density at radius 3 is 2.44 bits per heavy atom. The summed E-state index contributed by atoms with van der Waals surface area (Å²) in [6.07, 6.45) is 7.18. The van der Waals surface area contributed by atoms with Crippen LogP contribution in [0.15, 0.2) is 21.7 Å². The number of alkyl halides is 1. The van der Waals surface area contributed by atoms with Crippen LogP contribution in [0.3, 0.4) is 0 Å². The van der Waals surface area contributed by atoms with E-state index in [-0.39, 0.29) is 16.5 Å². The van der Waals surface area contributed by atoms with Crippen molar-refractivity contribution >= 4 is 15.9 Å². The highest BCUT2D eigenvalue weighted by Crippen LogP contribution is 2.37. The van der Waals surface area contributed by atoms with Crippen molar-refractivity contribution in [3.05, 3.63) is 32.8 Å². The summed E-state index contributed by atoms with van der Waals surface area (Å²) < 4.78 is 1.47. The summed E-state index contributed by atoms with van der Waals surface area (Å²) >= 11 is 3.60. The summed E-state index contributed by atoms with van der Waals surface area (Å²) in [6.45, 7) is 0.604. The van der Waals surface area contributed by atoms with Crippen molar-refractivity contribution in [3.8, 4) is 0 Å². The quantitative estimate of drug-likeness (QED) is 0.687. The normalized spacial score (nSPS) is 19.4. The van der Waals surface area contributed by atoms with Crippen molar-refractivity contribution < 1.29 is 0 Å². The molecule has 0 aliphatic heterocycles. The van der Waals surface area contributed by atoms with Gasteiger partial charge in [0.25, 0.3) is 11.1 Å². The van der Waals surface area contributed by atoms with E-state index < -0.39 is 0 Å². The molecule has 18 heavy (non-hydrogen) atoms. The molecule has 100 valence electrons. The van der Waals surface area contributed by atoms with E-state index in [1.165, 1.54) is 42.5 Å². The van der Waals surface area contributed by atoms with Crippen LogP contribution in [0.1, 0.15) is 38.5 Å². The van der Waals surface area contributed by atoms with Gasteiger partial charge in [-0.2, -0.15) is 0 Å². The average molecular weight is 315 g/mol. The lowest BCUT2D eigenvalue weighted by atomic mass is 9.82. The van der Waals surface area contributed by atoms with Crippen molar-refractivity contribution in [2.45, 2.75) is 45.1 Å². The summed E-state index contributed by atoms with van der Waals surface area (Å²) in [6, 6.07) is 2.63. The van der Waals surface area contributed by atoms with Crippen molar-refractivity contribution in [1.82, 2.24) is 9.78 Å².